The molecule has 4 fully saturated rings. The summed E-state index contributed by atoms with van der Waals surface area (Å²) in [5.41, 5.74) is 1.08. The first-order valence-corrected chi connectivity index (χ1v) is 7.81. The molecule has 1 heterocycles. The lowest BCUT2D eigenvalue weighted by Crippen LogP contribution is -2.54. The molecule has 4 aliphatic rings. The van der Waals surface area contributed by atoms with Crippen LogP contribution in [0.15, 0.2) is 18.6 Å². The second kappa shape index (κ2) is 4.55. The quantitative estimate of drug-likeness (QED) is 0.904. The van der Waals surface area contributed by atoms with Crippen molar-refractivity contribution in [2.24, 2.45) is 23.7 Å². The van der Waals surface area contributed by atoms with Crippen LogP contribution in [0.5, 0.6) is 0 Å². The molecular formula is C16H23N3. The predicted octanol–water partition coefficient (Wildman–Crippen LogP) is 2.95. The summed E-state index contributed by atoms with van der Waals surface area (Å²) in [5, 5.41) is 3.88. The van der Waals surface area contributed by atoms with Gasteiger partial charge in [0, 0.05) is 30.7 Å². The van der Waals surface area contributed by atoms with Gasteiger partial charge in [0.2, 0.25) is 0 Å². The lowest BCUT2D eigenvalue weighted by atomic mass is 9.54. The Labute approximate surface area is 115 Å². The SMILES string of the molecule is CC(NC1C2CC3CC(C2)CC1C3)c1cnccn1. The maximum atomic E-state index is 4.44. The molecule has 1 unspecified atom stereocenters. The summed E-state index contributed by atoms with van der Waals surface area (Å²) in [6.07, 6.45) is 12.8. The fourth-order valence-corrected chi connectivity index (χ4v) is 5.11. The van der Waals surface area contributed by atoms with Gasteiger partial charge in [0.15, 0.2) is 0 Å². The van der Waals surface area contributed by atoms with Gasteiger partial charge in [-0.05, 0) is 62.7 Å². The lowest BCUT2D eigenvalue weighted by Gasteiger charge is -2.55. The van der Waals surface area contributed by atoms with Crippen LogP contribution in [0.25, 0.3) is 0 Å². The topological polar surface area (TPSA) is 37.8 Å². The van der Waals surface area contributed by atoms with Gasteiger partial charge in [-0.1, -0.05) is 0 Å². The van der Waals surface area contributed by atoms with E-state index in [1.165, 1.54) is 32.1 Å². The highest BCUT2D eigenvalue weighted by Crippen LogP contribution is 2.54. The highest BCUT2D eigenvalue weighted by molar-refractivity contribution is 5.06. The number of hydrogen-bond donors (Lipinski definition) is 1. The molecule has 4 saturated carbocycles. The summed E-state index contributed by atoms with van der Waals surface area (Å²) in [4.78, 5) is 8.62. The van der Waals surface area contributed by atoms with Gasteiger partial charge in [-0.15, -0.1) is 0 Å². The zero-order valence-corrected chi connectivity index (χ0v) is 11.6. The Bertz CT molecular complexity index is 417. The molecule has 0 spiro atoms. The summed E-state index contributed by atoms with van der Waals surface area (Å²) < 4.78 is 0. The van der Waals surface area contributed by atoms with Gasteiger partial charge in [-0.2, -0.15) is 0 Å². The fraction of sp³-hybridized carbons (Fsp3) is 0.750. The van der Waals surface area contributed by atoms with E-state index in [0.717, 1.165) is 35.4 Å². The van der Waals surface area contributed by atoms with E-state index in [1.54, 1.807) is 12.4 Å². The molecule has 0 aliphatic heterocycles. The molecule has 5 rings (SSSR count). The minimum absolute atomic E-state index is 0.330. The van der Waals surface area contributed by atoms with Gasteiger partial charge in [0.1, 0.15) is 0 Å². The molecular weight excluding hydrogens is 234 g/mol. The van der Waals surface area contributed by atoms with Crippen LogP contribution in [0.3, 0.4) is 0 Å². The summed E-state index contributed by atoms with van der Waals surface area (Å²) in [6.45, 7) is 2.23. The Morgan fingerprint density at radius 2 is 1.74 bits per heavy atom. The van der Waals surface area contributed by atoms with E-state index >= 15 is 0 Å². The largest absolute Gasteiger partial charge is 0.305 e. The van der Waals surface area contributed by atoms with Crippen molar-refractivity contribution in [3.8, 4) is 0 Å². The molecule has 3 nitrogen and oxygen atoms in total. The second-order valence-corrected chi connectivity index (χ2v) is 6.98. The molecule has 1 N–H and O–H groups in total. The van der Waals surface area contributed by atoms with E-state index in [4.69, 9.17) is 0 Å². The summed E-state index contributed by atoms with van der Waals surface area (Å²) in [7, 11) is 0. The molecule has 102 valence electrons. The highest BCUT2D eigenvalue weighted by Gasteiger charge is 2.48. The van der Waals surface area contributed by atoms with Crippen molar-refractivity contribution in [1.29, 1.82) is 0 Å². The van der Waals surface area contributed by atoms with Crippen LogP contribution in [0.1, 0.15) is 50.8 Å². The van der Waals surface area contributed by atoms with Crippen LogP contribution >= 0.6 is 0 Å². The van der Waals surface area contributed by atoms with Crippen LogP contribution in [0.2, 0.25) is 0 Å². The van der Waals surface area contributed by atoms with Crippen LogP contribution in [-0.2, 0) is 0 Å². The maximum Gasteiger partial charge on any atom is 0.0753 e. The van der Waals surface area contributed by atoms with Crippen LogP contribution < -0.4 is 5.32 Å². The first kappa shape index (κ1) is 11.8. The van der Waals surface area contributed by atoms with E-state index in [0.29, 0.717) is 6.04 Å². The average molecular weight is 257 g/mol. The van der Waals surface area contributed by atoms with E-state index < -0.39 is 0 Å². The van der Waals surface area contributed by atoms with Crippen LogP contribution in [0, 0.1) is 23.7 Å². The molecule has 0 aromatic carbocycles. The third-order valence-electron chi connectivity index (χ3n) is 5.70. The standard InChI is InChI=1S/C16H23N3/c1-10(15-9-17-2-3-18-15)19-16-13-5-11-4-12(7-13)8-14(16)6-11/h2-3,9-14,16,19H,4-8H2,1H3. The van der Waals surface area contributed by atoms with Crippen LogP contribution in [-0.4, -0.2) is 16.0 Å². The molecule has 0 saturated heterocycles. The van der Waals surface area contributed by atoms with Gasteiger partial charge in [-0.3, -0.25) is 9.97 Å². The molecule has 0 amide bonds. The van der Waals surface area contributed by atoms with Crippen LogP contribution in [0.4, 0.5) is 0 Å². The van der Waals surface area contributed by atoms with Crippen molar-refractivity contribution in [2.75, 3.05) is 0 Å². The third-order valence-corrected chi connectivity index (χ3v) is 5.70. The zero-order valence-electron chi connectivity index (χ0n) is 11.6. The number of nitrogens with one attached hydrogen (secondary N) is 1. The molecule has 0 radical (unpaired) electrons. The van der Waals surface area contributed by atoms with Crippen molar-refractivity contribution in [1.82, 2.24) is 15.3 Å². The van der Waals surface area contributed by atoms with Gasteiger partial charge >= 0.3 is 0 Å². The van der Waals surface area contributed by atoms with Gasteiger partial charge < -0.3 is 5.32 Å². The smallest absolute Gasteiger partial charge is 0.0753 e. The van der Waals surface area contributed by atoms with Gasteiger partial charge in [-0.25, -0.2) is 0 Å². The van der Waals surface area contributed by atoms with E-state index in [9.17, 15) is 0 Å². The predicted molar refractivity (Wildman–Crippen MR) is 74.4 cm³/mol. The van der Waals surface area contributed by atoms with Gasteiger partial charge in [0.25, 0.3) is 0 Å². The van der Waals surface area contributed by atoms with E-state index in [-0.39, 0.29) is 0 Å². The lowest BCUT2D eigenvalue weighted by molar-refractivity contribution is -0.0172. The van der Waals surface area contributed by atoms with Crippen molar-refractivity contribution >= 4 is 0 Å². The Balaban J connectivity index is 1.48. The molecule has 4 aliphatic carbocycles. The number of rotatable bonds is 3. The Morgan fingerprint density at radius 3 is 2.32 bits per heavy atom. The summed E-state index contributed by atoms with van der Waals surface area (Å²) in [6, 6.07) is 1.06. The molecule has 4 bridgehead atoms. The first-order chi connectivity index (χ1) is 9.29. The first-order valence-electron chi connectivity index (χ1n) is 7.81. The maximum absolute atomic E-state index is 4.44. The molecule has 1 atom stereocenters. The molecule has 3 heteroatoms. The van der Waals surface area contributed by atoms with Crippen molar-refractivity contribution in [3.05, 3.63) is 24.3 Å². The highest BCUT2D eigenvalue weighted by atomic mass is 15.0. The molecule has 1 aromatic rings. The van der Waals surface area contributed by atoms with Crippen molar-refractivity contribution < 1.29 is 0 Å². The zero-order chi connectivity index (χ0) is 12.8. The Morgan fingerprint density at radius 1 is 1.05 bits per heavy atom. The summed E-state index contributed by atoms with van der Waals surface area (Å²) in [5.74, 6) is 3.95. The van der Waals surface area contributed by atoms with Crippen molar-refractivity contribution in [2.45, 2.75) is 51.1 Å². The van der Waals surface area contributed by atoms with E-state index in [1.807, 2.05) is 6.20 Å². The normalized spacial score (nSPS) is 41.4. The summed E-state index contributed by atoms with van der Waals surface area (Å²) >= 11 is 0. The average Bonchev–Trinajstić information content (AvgIpc) is 2.43. The van der Waals surface area contributed by atoms with E-state index in [2.05, 4.69) is 22.2 Å². The number of hydrogen-bond acceptors (Lipinski definition) is 3. The second-order valence-electron chi connectivity index (χ2n) is 6.98. The fourth-order valence-electron chi connectivity index (χ4n) is 5.11. The Hall–Kier alpha value is -0.960. The Kier molecular flexibility index (Phi) is 2.83. The monoisotopic (exact) mass is 257 g/mol. The van der Waals surface area contributed by atoms with Gasteiger partial charge in [0.05, 0.1) is 5.69 Å². The van der Waals surface area contributed by atoms with Crippen molar-refractivity contribution in [3.63, 3.8) is 0 Å². The number of nitrogens with zero attached hydrogens (tertiary/aromatic N) is 2. The molecule has 19 heavy (non-hydrogen) atoms. The number of aromatic nitrogens is 2. The third kappa shape index (κ3) is 2.08. The molecule has 1 aromatic heterocycles. The minimum atomic E-state index is 0.330. The minimum Gasteiger partial charge on any atom is -0.305 e.